The molecule has 9 N–H and O–H groups in total. The van der Waals surface area contributed by atoms with E-state index in [1.807, 2.05) is 0 Å². The van der Waals surface area contributed by atoms with Crippen LogP contribution in [-0.2, 0) is 0 Å². The summed E-state index contributed by atoms with van der Waals surface area (Å²) in [6, 6.07) is 6.29. The van der Waals surface area contributed by atoms with E-state index in [2.05, 4.69) is 20.6 Å². The van der Waals surface area contributed by atoms with Crippen LogP contribution >= 0.6 is 0 Å². The third-order valence-corrected chi connectivity index (χ3v) is 5.03. The standard InChI is InChI=1S/C19H25N7O3/c20-14(27)11-5-4-6-12(9-11)24-16-13(15(21)28)17(29)26-18(25-16)23-10-19(22)7-2-1-3-8-19/h4-6,9H,1-3,7-8,10,22H2,(H2,20,27)(H2,21,28)(H3,23,24,25,26,29). The third kappa shape index (κ3) is 4.91. The average molecular weight is 399 g/mol. The van der Waals surface area contributed by atoms with Crippen LogP contribution < -0.4 is 33.4 Å². The van der Waals surface area contributed by atoms with Gasteiger partial charge in [-0.25, -0.2) is 0 Å². The van der Waals surface area contributed by atoms with Crippen molar-refractivity contribution in [2.75, 3.05) is 17.2 Å². The molecule has 0 saturated heterocycles. The van der Waals surface area contributed by atoms with Gasteiger partial charge in [-0.15, -0.1) is 0 Å². The summed E-state index contributed by atoms with van der Waals surface area (Å²) in [7, 11) is 0. The Morgan fingerprint density at radius 3 is 2.52 bits per heavy atom. The lowest BCUT2D eigenvalue weighted by Gasteiger charge is -2.33. The summed E-state index contributed by atoms with van der Waals surface area (Å²) >= 11 is 0. The summed E-state index contributed by atoms with van der Waals surface area (Å²) in [6.07, 6.45) is 5.06. The van der Waals surface area contributed by atoms with E-state index in [1.165, 1.54) is 12.5 Å². The third-order valence-electron chi connectivity index (χ3n) is 5.03. The van der Waals surface area contributed by atoms with Crippen molar-refractivity contribution in [3.63, 3.8) is 0 Å². The van der Waals surface area contributed by atoms with Crippen LogP contribution in [0.25, 0.3) is 0 Å². The number of nitrogens with two attached hydrogens (primary N) is 3. The molecule has 0 aliphatic heterocycles. The lowest BCUT2D eigenvalue weighted by atomic mass is 9.82. The first kappa shape index (κ1) is 20.3. The smallest absolute Gasteiger partial charge is 0.267 e. The van der Waals surface area contributed by atoms with Gasteiger partial charge in [-0.05, 0) is 31.0 Å². The molecule has 0 unspecified atom stereocenters. The van der Waals surface area contributed by atoms with Crippen LogP contribution in [0.2, 0.25) is 0 Å². The maximum absolute atomic E-state index is 12.4. The fraction of sp³-hybridized carbons (Fsp3) is 0.368. The Bertz CT molecular complexity index is 980. The number of benzene rings is 1. The molecular formula is C19H25N7O3. The summed E-state index contributed by atoms with van der Waals surface area (Å²) in [4.78, 5) is 42.4. The maximum Gasteiger partial charge on any atom is 0.267 e. The SMILES string of the molecule is NC(=O)c1cccc(Nc2nc(NCC3(N)CCCCC3)[nH]c(=O)c2C(N)=O)c1. The lowest BCUT2D eigenvalue weighted by molar-refractivity contribution is 0.0991. The fourth-order valence-electron chi connectivity index (χ4n) is 3.46. The van der Waals surface area contributed by atoms with Gasteiger partial charge >= 0.3 is 0 Å². The molecule has 1 fully saturated rings. The number of H-pyrrole nitrogens is 1. The average Bonchev–Trinajstić information content (AvgIpc) is 2.66. The van der Waals surface area contributed by atoms with E-state index in [0.717, 1.165) is 25.7 Å². The summed E-state index contributed by atoms with van der Waals surface area (Å²) in [5, 5.41) is 5.93. The molecule has 1 heterocycles. The van der Waals surface area contributed by atoms with Gasteiger partial charge in [-0.1, -0.05) is 25.3 Å². The van der Waals surface area contributed by atoms with Crippen molar-refractivity contribution in [3.8, 4) is 0 Å². The molecule has 154 valence electrons. The number of carbonyl (C=O) groups is 2. The Balaban J connectivity index is 1.88. The molecule has 1 aromatic carbocycles. The van der Waals surface area contributed by atoms with E-state index < -0.39 is 17.4 Å². The van der Waals surface area contributed by atoms with Gasteiger partial charge in [-0.3, -0.25) is 19.4 Å². The second-order valence-corrected chi connectivity index (χ2v) is 7.35. The number of hydrogen-bond acceptors (Lipinski definition) is 7. The van der Waals surface area contributed by atoms with E-state index in [0.29, 0.717) is 12.2 Å². The van der Waals surface area contributed by atoms with Crippen molar-refractivity contribution in [2.24, 2.45) is 17.2 Å². The highest BCUT2D eigenvalue weighted by Gasteiger charge is 2.27. The largest absolute Gasteiger partial charge is 0.366 e. The second-order valence-electron chi connectivity index (χ2n) is 7.35. The number of primary amides is 2. The summed E-state index contributed by atoms with van der Waals surface area (Å²) < 4.78 is 0. The van der Waals surface area contributed by atoms with Gasteiger partial charge < -0.3 is 27.8 Å². The number of hydrogen-bond donors (Lipinski definition) is 6. The minimum atomic E-state index is -0.929. The van der Waals surface area contributed by atoms with Crippen LogP contribution in [0.5, 0.6) is 0 Å². The zero-order valence-electron chi connectivity index (χ0n) is 16.0. The fourth-order valence-corrected chi connectivity index (χ4v) is 3.46. The van der Waals surface area contributed by atoms with Crippen LogP contribution in [0, 0.1) is 0 Å². The topological polar surface area (TPSA) is 182 Å². The Kier molecular flexibility index (Phi) is 5.83. The predicted octanol–water partition coefficient (Wildman–Crippen LogP) is 0.785. The molecule has 0 atom stereocenters. The Morgan fingerprint density at radius 1 is 1.14 bits per heavy atom. The summed E-state index contributed by atoms with van der Waals surface area (Å²) in [5.41, 5.74) is 16.4. The van der Waals surface area contributed by atoms with Crippen molar-refractivity contribution < 1.29 is 9.59 Å². The molecule has 3 rings (SSSR count). The van der Waals surface area contributed by atoms with Gasteiger partial charge in [0.15, 0.2) is 5.82 Å². The van der Waals surface area contributed by atoms with Crippen molar-refractivity contribution >= 4 is 29.3 Å². The van der Waals surface area contributed by atoms with Crippen LogP contribution in [0.4, 0.5) is 17.5 Å². The zero-order chi connectivity index (χ0) is 21.0. The van der Waals surface area contributed by atoms with E-state index >= 15 is 0 Å². The molecular weight excluding hydrogens is 374 g/mol. The first-order valence-electron chi connectivity index (χ1n) is 9.41. The highest BCUT2D eigenvalue weighted by atomic mass is 16.2. The van der Waals surface area contributed by atoms with E-state index in [1.54, 1.807) is 18.2 Å². The normalized spacial score (nSPS) is 15.5. The molecule has 1 aliphatic carbocycles. The minimum Gasteiger partial charge on any atom is -0.366 e. The molecule has 10 heteroatoms. The molecule has 0 spiro atoms. The van der Waals surface area contributed by atoms with Crippen molar-refractivity contribution in [3.05, 3.63) is 45.7 Å². The predicted molar refractivity (Wildman–Crippen MR) is 110 cm³/mol. The van der Waals surface area contributed by atoms with Crippen LogP contribution in [0.15, 0.2) is 29.1 Å². The highest BCUT2D eigenvalue weighted by molar-refractivity contribution is 5.98. The second kappa shape index (κ2) is 8.31. The molecule has 2 aromatic rings. The molecule has 1 aromatic heterocycles. The zero-order valence-corrected chi connectivity index (χ0v) is 16.0. The van der Waals surface area contributed by atoms with E-state index in [-0.39, 0.29) is 28.4 Å². The summed E-state index contributed by atoms with van der Waals surface area (Å²) in [5.74, 6) is -1.39. The Hall–Kier alpha value is -3.40. The Morgan fingerprint density at radius 2 is 1.86 bits per heavy atom. The first-order valence-corrected chi connectivity index (χ1v) is 9.41. The molecule has 0 radical (unpaired) electrons. The van der Waals surface area contributed by atoms with Gasteiger partial charge in [0, 0.05) is 23.3 Å². The first-order chi connectivity index (χ1) is 13.8. The number of rotatable bonds is 7. The number of nitrogens with one attached hydrogen (secondary N) is 3. The van der Waals surface area contributed by atoms with E-state index in [4.69, 9.17) is 17.2 Å². The van der Waals surface area contributed by atoms with Crippen molar-refractivity contribution in [1.82, 2.24) is 9.97 Å². The van der Waals surface area contributed by atoms with Gasteiger partial charge in [0.1, 0.15) is 5.56 Å². The summed E-state index contributed by atoms with van der Waals surface area (Å²) in [6.45, 7) is 0.433. The maximum atomic E-state index is 12.4. The van der Waals surface area contributed by atoms with Crippen LogP contribution in [-0.4, -0.2) is 33.9 Å². The molecule has 29 heavy (non-hydrogen) atoms. The number of carbonyl (C=O) groups excluding carboxylic acids is 2. The highest BCUT2D eigenvalue weighted by Crippen LogP contribution is 2.26. The van der Waals surface area contributed by atoms with Crippen molar-refractivity contribution in [2.45, 2.75) is 37.6 Å². The van der Waals surface area contributed by atoms with Gasteiger partial charge in [-0.2, -0.15) is 4.98 Å². The molecule has 1 saturated carbocycles. The molecule has 0 bridgehead atoms. The van der Waals surface area contributed by atoms with Gasteiger partial charge in [0.05, 0.1) is 0 Å². The van der Waals surface area contributed by atoms with Crippen molar-refractivity contribution in [1.29, 1.82) is 0 Å². The number of nitrogens with zero attached hydrogens (tertiary/aromatic N) is 1. The molecule has 2 amide bonds. The van der Waals surface area contributed by atoms with Gasteiger partial charge in [0.25, 0.3) is 11.5 Å². The quantitative estimate of drug-likeness (QED) is 0.397. The van der Waals surface area contributed by atoms with Gasteiger partial charge in [0.2, 0.25) is 11.9 Å². The molecule has 1 aliphatic rings. The number of aromatic nitrogens is 2. The number of aromatic amines is 1. The van der Waals surface area contributed by atoms with Crippen LogP contribution in [0.3, 0.4) is 0 Å². The lowest BCUT2D eigenvalue weighted by Crippen LogP contribution is -2.48. The minimum absolute atomic E-state index is 0.0277. The monoisotopic (exact) mass is 399 g/mol. The molecule has 10 nitrogen and oxygen atoms in total. The van der Waals surface area contributed by atoms with Crippen LogP contribution in [0.1, 0.15) is 52.8 Å². The Labute approximate surface area is 167 Å². The number of amides is 2. The van der Waals surface area contributed by atoms with E-state index in [9.17, 15) is 14.4 Å². The number of anilines is 3.